The predicted octanol–water partition coefficient (Wildman–Crippen LogP) is 3.42. The van der Waals surface area contributed by atoms with Crippen molar-refractivity contribution in [3.05, 3.63) is 52.6 Å². The fraction of sp³-hybridized carbons (Fsp3) is 0.273. The van der Waals surface area contributed by atoms with Gasteiger partial charge in [0.05, 0.1) is 25.3 Å². The quantitative estimate of drug-likeness (QED) is 0.577. The summed E-state index contributed by atoms with van der Waals surface area (Å²) in [6, 6.07) is 7.59. The zero-order valence-corrected chi connectivity index (χ0v) is 17.6. The molecular formula is C22H17ClN6O2. The summed E-state index contributed by atoms with van der Waals surface area (Å²) < 4.78 is 10.4. The van der Waals surface area contributed by atoms with Crippen LogP contribution in [0, 0.1) is 29.1 Å². The molecule has 0 aliphatic heterocycles. The van der Waals surface area contributed by atoms with Crippen molar-refractivity contribution >= 4 is 11.6 Å². The van der Waals surface area contributed by atoms with Gasteiger partial charge in [-0.1, -0.05) is 17.5 Å². The van der Waals surface area contributed by atoms with E-state index in [1.54, 1.807) is 18.3 Å². The van der Waals surface area contributed by atoms with Crippen LogP contribution in [0.5, 0.6) is 11.9 Å². The number of nitrogens with zero attached hydrogens (tertiary/aromatic N) is 6. The van der Waals surface area contributed by atoms with Crippen molar-refractivity contribution in [2.75, 3.05) is 14.2 Å². The molecule has 0 amide bonds. The molecule has 9 heteroatoms. The number of ether oxygens (including phenoxy) is 2. The van der Waals surface area contributed by atoms with Gasteiger partial charge in [-0.15, -0.1) is 10.2 Å². The molecule has 2 atom stereocenters. The Morgan fingerprint density at radius 2 is 1.97 bits per heavy atom. The third-order valence-electron chi connectivity index (χ3n) is 5.11. The summed E-state index contributed by atoms with van der Waals surface area (Å²) in [6.45, 7) is 0. The average Bonchev–Trinajstić information content (AvgIpc) is 2.80. The van der Waals surface area contributed by atoms with E-state index in [0.717, 1.165) is 18.4 Å². The minimum absolute atomic E-state index is 0.126. The molecule has 0 aromatic carbocycles. The van der Waals surface area contributed by atoms with Crippen LogP contribution in [-0.4, -0.2) is 39.4 Å². The lowest BCUT2D eigenvalue weighted by atomic mass is 9.70. The van der Waals surface area contributed by atoms with Crippen molar-refractivity contribution in [1.29, 1.82) is 5.26 Å². The normalized spacial score (nSPS) is 17.0. The van der Waals surface area contributed by atoms with E-state index in [-0.39, 0.29) is 17.8 Å². The molecule has 154 valence electrons. The lowest BCUT2D eigenvalue weighted by molar-refractivity contribution is 0.327. The Morgan fingerprint density at radius 1 is 1.10 bits per heavy atom. The van der Waals surface area contributed by atoms with Crippen LogP contribution in [0.15, 0.2) is 30.6 Å². The zero-order valence-electron chi connectivity index (χ0n) is 16.8. The van der Waals surface area contributed by atoms with E-state index in [2.05, 4.69) is 37.0 Å². The summed E-state index contributed by atoms with van der Waals surface area (Å²) in [4.78, 5) is 12.5. The number of methoxy groups -OCH3 is 2. The number of pyridine rings is 1. The summed E-state index contributed by atoms with van der Waals surface area (Å²) in [5.41, 5.74) is 3.17. The summed E-state index contributed by atoms with van der Waals surface area (Å²) in [5, 5.41) is 17.5. The lowest BCUT2D eigenvalue weighted by Crippen LogP contribution is -2.23. The van der Waals surface area contributed by atoms with Crippen molar-refractivity contribution in [3.8, 4) is 41.1 Å². The molecule has 0 radical (unpaired) electrons. The maximum absolute atomic E-state index is 8.87. The Balaban J connectivity index is 1.61. The zero-order chi connectivity index (χ0) is 21.8. The molecule has 1 saturated carbocycles. The fourth-order valence-electron chi connectivity index (χ4n) is 3.31. The molecular weight excluding hydrogens is 416 g/mol. The Hall–Kier alpha value is -3.75. The average molecular weight is 433 g/mol. The second-order valence-electron chi connectivity index (χ2n) is 6.86. The van der Waals surface area contributed by atoms with E-state index in [0.29, 0.717) is 33.5 Å². The first-order valence-electron chi connectivity index (χ1n) is 9.49. The van der Waals surface area contributed by atoms with Gasteiger partial charge in [-0.3, -0.25) is 0 Å². The molecule has 3 aromatic rings. The molecule has 8 nitrogen and oxygen atoms in total. The van der Waals surface area contributed by atoms with Gasteiger partial charge in [0.25, 0.3) is 0 Å². The highest BCUT2D eigenvalue weighted by Crippen LogP contribution is 2.45. The fourth-order valence-corrected chi connectivity index (χ4v) is 3.54. The van der Waals surface area contributed by atoms with Crippen LogP contribution < -0.4 is 9.47 Å². The maximum Gasteiger partial charge on any atom is 0.319 e. The molecule has 0 saturated heterocycles. The summed E-state index contributed by atoms with van der Waals surface area (Å²) in [5.74, 6) is 6.97. The van der Waals surface area contributed by atoms with E-state index in [1.165, 1.54) is 20.4 Å². The second-order valence-corrected chi connectivity index (χ2v) is 7.22. The first kappa shape index (κ1) is 20.5. The van der Waals surface area contributed by atoms with E-state index in [1.807, 2.05) is 12.1 Å². The maximum atomic E-state index is 8.87. The van der Waals surface area contributed by atoms with Gasteiger partial charge >= 0.3 is 6.01 Å². The van der Waals surface area contributed by atoms with Gasteiger partial charge in [0.15, 0.2) is 5.15 Å². The molecule has 4 rings (SSSR count). The molecule has 1 fully saturated rings. The van der Waals surface area contributed by atoms with Gasteiger partial charge in [-0.25, -0.2) is 9.97 Å². The minimum Gasteiger partial charge on any atom is -0.480 e. The Bertz CT molecular complexity index is 1210. The minimum atomic E-state index is 0.126. The summed E-state index contributed by atoms with van der Waals surface area (Å²) in [7, 11) is 3.00. The van der Waals surface area contributed by atoms with Gasteiger partial charge in [-0.2, -0.15) is 10.2 Å². The van der Waals surface area contributed by atoms with Crippen LogP contribution >= 0.6 is 11.6 Å². The number of halogens is 1. The highest BCUT2D eigenvalue weighted by Gasteiger charge is 2.33. The number of rotatable bonds is 4. The number of nitriles is 1. The highest BCUT2D eigenvalue weighted by atomic mass is 35.5. The Morgan fingerprint density at radius 3 is 2.61 bits per heavy atom. The topological polar surface area (TPSA) is 107 Å². The molecule has 0 N–H and O–H groups in total. The van der Waals surface area contributed by atoms with Crippen molar-refractivity contribution in [2.45, 2.75) is 18.8 Å². The van der Waals surface area contributed by atoms with E-state index in [4.69, 9.17) is 26.3 Å². The van der Waals surface area contributed by atoms with E-state index < -0.39 is 0 Å². The smallest absolute Gasteiger partial charge is 0.319 e. The molecule has 3 aromatic heterocycles. The molecule has 1 unspecified atom stereocenters. The van der Waals surface area contributed by atoms with Crippen LogP contribution in [0.25, 0.3) is 11.3 Å². The van der Waals surface area contributed by atoms with Crippen molar-refractivity contribution in [1.82, 2.24) is 25.1 Å². The van der Waals surface area contributed by atoms with Crippen molar-refractivity contribution < 1.29 is 9.47 Å². The first-order valence-corrected chi connectivity index (χ1v) is 9.87. The van der Waals surface area contributed by atoms with Gasteiger partial charge in [0, 0.05) is 24.2 Å². The number of hydrogen-bond donors (Lipinski definition) is 0. The third kappa shape index (κ3) is 4.25. The van der Waals surface area contributed by atoms with E-state index >= 15 is 0 Å². The van der Waals surface area contributed by atoms with Crippen LogP contribution in [0.2, 0.25) is 5.15 Å². The molecule has 0 bridgehead atoms. The number of hydrogen-bond acceptors (Lipinski definition) is 8. The predicted molar refractivity (Wildman–Crippen MR) is 112 cm³/mol. The van der Waals surface area contributed by atoms with E-state index in [9.17, 15) is 0 Å². The monoisotopic (exact) mass is 432 g/mol. The van der Waals surface area contributed by atoms with Gasteiger partial charge in [0.2, 0.25) is 5.88 Å². The third-order valence-corrected chi connectivity index (χ3v) is 5.41. The van der Waals surface area contributed by atoms with Crippen LogP contribution in [0.4, 0.5) is 0 Å². The van der Waals surface area contributed by atoms with Gasteiger partial charge in [-0.05, 0) is 42.5 Å². The van der Waals surface area contributed by atoms with Crippen molar-refractivity contribution in [3.63, 3.8) is 0 Å². The van der Waals surface area contributed by atoms with Gasteiger partial charge in [0.1, 0.15) is 17.5 Å². The lowest BCUT2D eigenvalue weighted by Gasteiger charge is -2.33. The molecule has 3 heterocycles. The number of aromatic nitrogens is 5. The SMILES string of the molecule is COc1ncc(-c2cc(C3CC[C@@H]3C#Cc3ccc(C#N)cn3)c(Cl)nn2)c(OC)n1. The Labute approximate surface area is 184 Å². The molecule has 0 spiro atoms. The second kappa shape index (κ2) is 8.95. The molecule has 1 aliphatic carbocycles. The van der Waals surface area contributed by atoms with Crippen LogP contribution in [-0.2, 0) is 0 Å². The van der Waals surface area contributed by atoms with Gasteiger partial charge < -0.3 is 9.47 Å². The largest absolute Gasteiger partial charge is 0.480 e. The first-order chi connectivity index (χ1) is 15.1. The summed E-state index contributed by atoms with van der Waals surface area (Å²) >= 11 is 6.38. The van der Waals surface area contributed by atoms with Crippen LogP contribution in [0.1, 0.15) is 35.6 Å². The molecule has 1 aliphatic rings. The van der Waals surface area contributed by atoms with Crippen LogP contribution in [0.3, 0.4) is 0 Å². The van der Waals surface area contributed by atoms with Crippen molar-refractivity contribution in [2.24, 2.45) is 5.92 Å². The molecule has 31 heavy (non-hydrogen) atoms. The summed E-state index contributed by atoms with van der Waals surface area (Å²) in [6.07, 6.45) is 5.00. The Kier molecular flexibility index (Phi) is 5.92. The highest BCUT2D eigenvalue weighted by molar-refractivity contribution is 6.30. The standard InChI is InChI=1S/C22H17ClN6O2/c1-30-21-18(12-26-22(27-21)31-2)19-9-17(20(23)29-28-19)16-8-5-14(16)4-7-15-6-3-13(10-24)11-25-15/h3,6,9,11-12,14,16H,5,8H2,1-2H3/t14-,16?/m0/s1.